The molecule has 1 N–H and O–H groups in total. The van der Waals surface area contributed by atoms with Crippen LogP contribution in [0.15, 0.2) is 35.3 Å². The van der Waals surface area contributed by atoms with Crippen LogP contribution in [0.3, 0.4) is 0 Å². The fourth-order valence-corrected chi connectivity index (χ4v) is 3.94. The third-order valence-electron chi connectivity index (χ3n) is 5.57. The number of carbonyl (C=O) groups is 1. The fraction of sp³-hybridized carbons (Fsp3) is 0.619. The number of hydrogen-bond acceptors (Lipinski definition) is 3. The Bertz CT molecular complexity index is 647. The molecule has 3 rings (SSSR count). The molecule has 1 aromatic carbocycles. The minimum Gasteiger partial charge on any atom is -0.381 e. The van der Waals surface area contributed by atoms with E-state index < -0.39 is 0 Å². The number of guanidine groups is 1. The molecule has 2 heterocycles. The van der Waals surface area contributed by atoms with Crippen LogP contribution in [0.5, 0.6) is 0 Å². The minimum atomic E-state index is 0. The molecule has 0 radical (unpaired) electrons. The number of nitrogens with one attached hydrogen (secondary N) is 1. The molecule has 1 spiro atoms. The molecule has 2 aliphatic rings. The van der Waals surface area contributed by atoms with Gasteiger partial charge in [-0.2, -0.15) is 0 Å². The maximum Gasteiger partial charge on any atom is 0.244 e. The first-order valence-corrected chi connectivity index (χ1v) is 10.1. The summed E-state index contributed by atoms with van der Waals surface area (Å²) in [7, 11) is 0. The van der Waals surface area contributed by atoms with E-state index in [1.165, 1.54) is 0 Å². The average molecular weight is 500 g/mol. The van der Waals surface area contributed by atoms with Gasteiger partial charge in [-0.3, -0.25) is 4.79 Å². The molecule has 0 bridgehead atoms. The van der Waals surface area contributed by atoms with Gasteiger partial charge in [0.2, 0.25) is 5.91 Å². The Balaban J connectivity index is 0.00000280. The van der Waals surface area contributed by atoms with Crippen molar-refractivity contribution in [1.29, 1.82) is 0 Å². The van der Waals surface area contributed by atoms with Gasteiger partial charge in [0.05, 0.1) is 6.61 Å². The maximum absolute atomic E-state index is 12.7. The van der Waals surface area contributed by atoms with E-state index in [-0.39, 0.29) is 41.8 Å². The van der Waals surface area contributed by atoms with Gasteiger partial charge in [0, 0.05) is 44.7 Å². The second kappa shape index (κ2) is 11.0. The number of hydrogen-bond donors (Lipinski definition) is 1. The molecule has 1 unspecified atom stereocenters. The zero-order valence-corrected chi connectivity index (χ0v) is 19.4. The summed E-state index contributed by atoms with van der Waals surface area (Å²) >= 11 is 0. The van der Waals surface area contributed by atoms with Gasteiger partial charge in [0.1, 0.15) is 6.54 Å². The van der Waals surface area contributed by atoms with Crippen LogP contribution in [0.4, 0.5) is 0 Å². The van der Waals surface area contributed by atoms with Gasteiger partial charge < -0.3 is 19.9 Å². The summed E-state index contributed by atoms with van der Waals surface area (Å²) in [4.78, 5) is 21.5. The SMILES string of the molecule is CCNC(=NCC(=O)N(CC)Cc1ccccc1)N1CCC2(CCOC2)C1.I. The Kier molecular flexibility index (Phi) is 9.01. The molecule has 28 heavy (non-hydrogen) atoms. The molecule has 0 aromatic heterocycles. The van der Waals surface area contributed by atoms with Gasteiger partial charge in [-0.15, -0.1) is 24.0 Å². The summed E-state index contributed by atoms with van der Waals surface area (Å²) in [6, 6.07) is 10.1. The highest BCUT2D eigenvalue weighted by molar-refractivity contribution is 14.0. The van der Waals surface area contributed by atoms with Crippen molar-refractivity contribution in [1.82, 2.24) is 15.1 Å². The first-order valence-electron chi connectivity index (χ1n) is 10.1. The van der Waals surface area contributed by atoms with Gasteiger partial charge in [-0.25, -0.2) is 4.99 Å². The average Bonchev–Trinajstić information content (AvgIpc) is 3.33. The Morgan fingerprint density at radius 3 is 2.71 bits per heavy atom. The van der Waals surface area contributed by atoms with Gasteiger partial charge >= 0.3 is 0 Å². The quantitative estimate of drug-likeness (QED) is 0.371. The number of aliphatic imine (C=N–C) groups is 1. The van der Waals surface area contributed by atoms with Crippen molar-refractivity contribution in [3.05, 3.63) is 35.9 Å². The zero-order valence-electron chi connectivity index (χ0n) is 17.0. The van der Waals surface area contributed by atoms with Crippen LogP contribution in [0.1, 0.15) is 32.3 Å². The number of carbonyl (C=O) groups excluding carboxylic acids is 1. The Morgan fingerprint density at radius 2 is 2.07 bits per heavy atom. The number of likely N-dealkylation sites (N-methyl/N-ethyl adjacent to an activating group) is 1. The predicted octanol–water partition coefficient (Wildman–Crippen LogP) is 2.73. The summed E-state index contributed by atoms with van der Waals surface area (Å²) in [6.07, 6.45) is 2.27. The van der Waals surface area contributed by atoms with E-state index in [4.69, 9.17) is 4.74 Å². The van der Waals surface area contributed by atoms with Crippen LogP contribution >= 0.6 is 24.0 Å². The Labute approximate surface area is 185 Å². The molecule has 156 valence electrons. The normalized spacial score (nSPS) is 21.6. The monoisotopic (exact) mass is 500 g/mol. The summed E-state index contributed by atoms with van der Waals surface area (Å²) in [5, 5.41) is 3.36. The molecule has 2 fully saturated rings. The standard InChI is InChI=1S/C21H32N4O2.HI/c1-3-22-20(25-12-10-21(16-25)11-13-27-17-21)23-14-19(26)24(4-2)15-18-8-6-5-7-9-18;/h5-9H,3-4,10-17H2,1-2H3,(H,22,23);1H. The van der Waals surface area contributed by atoms with Crippen molar-refractivity contribution in [2.75, 3.05) is 45.9 Å². The topological polar surface area (TPSA) is 57.2 Å². The Hall–Kier alpha value is -1.35. The van der Waals surface area contributed by atoms with Gasteiger partial charge in [0.15, 0.2) is 5.96 Å². The van der Waals surface area contributed by atoms with Gasteiger partial charge in [-0.1, -0.05) is 30.3 Å². The number of nitrogens with zero attached hydrogens (tertiary/aromatic N) is 3. The summed E-state index contributed by atoms with van der Waals surface area (Å²) < 4.78 is 5.62. The molecule has 6 nitrogen and oxygen atoms in total. The van der Waals surface area contributed by atoms with Crippen molar-refractivity contribution in [3.63, 3.8) is 0 Å². The van der Waals surface area contributed by atoms with E-state index >= 15 is 0 Å². The second-order valence-electron chi connectivity index (χ2n) is 7.54. The van der Waals surface area contributed by atoms with E-state index in [9.17, 15) is 4.79 Å². The molecule has 2 saturated heterocycles. The molecule has 1 atom stereocenters. The summed E-state index contributed by atoms with van der Waals surface area (Å²) in [6.45, 7) is 10.0. The molecule has 0 aliphatic carbocycles. The van der Waals surface area contributed by atoms with Crippen molar-refractivity contribution in [3.8, 4) is 0 Å². The predicted molar refractivity (Wildman–Crippen MR) is 123 cm³/mol. The number of benzene rings is 1. The van der Waals surface area contributed by atoms with Crippen LogP contribution < -0.4 is 5.32 Å². The second-order valence-corrected chi connectivity index (χ2v) is 7.54. The summed E-state index contributed by atoms with van der Waals surface area (Å²) in [5.41, 5.74) is 1.43. The van der Waals surface area contributed by atoms with Crippen molar-refractivity contribution >= 4 is 35.8 Å². The number of ether oxygens (including phenoxy) is 1. The summed E-state index contributed by atoms with van der Waals surface area (Å²) in [5.74, 6) is 0.917. The first kappa shape index (κ1) is 22.9. The minimum absolute atomic E-state index is 0. The van der Waals surface area contributed by atoms with Crippen LogP contribution in [0.2, 0.25) is 0 Å². The highest BCUT2D eigenvalue weighted by Crippen LogP contribution is 2.38. The fourth-order valence-electron chi connectivity index (χ4n) is 3.94. The van der Waals surface area contributed by atoms with E-state index in [2.05, 4.69) is 34.3 Å². The first-order chi connectivity index (χ1) is 13.2. The number of amides is 1. The molecule has 2 aliphatic heterocycles. The van der Waals surface area contributed by atoms with E-state index in [1.807, 2.05) is 30.0 Å². The lowest BCUT2D eigenvalue weighted by molar-refractivity contribution is -0.130. The number of halogens is 1. The molecule has 7 heteroatoms. The zero-order chi connectivity index (χ0) is 19.1. The van der Waals surface area contributed by atoms with E-state index in [0.717, 1.165) is 57.2 Å². The van der Waals surface area contributed by atoms with Crippen molar-refractivity contribution < 1.29 is 9.53 Å². The molecule has 1 aromatic rings. The molecular weight excluding hydrogens is 467 g/mol. The lowest BCUT2D eigenvalue weighted by atomic mass is 9.87. The van der Waals surface area contributed by atoms with Crippen LogP contribution in [-0.4, -0.2) is 67.6 Å². The maximum atomic E-state index is 12.7. The molecule has 0 saturated carbocycles. The van der Waals surface area contributed by atoms with Crippen molar-refractivity contribution in [2.45, 2.75) is 33.2 Å². The van der Waals surface area contributed by atoms with Crippen molar-refractivity contribution in [2.24, 2.45) is 10.4 Å². The lowest BCUT2D eigenvalue weighted by Gasteiger charge is -2.25. The van der Waals surface area contributed by atoms with Gasteiger partial charge in [-0.05, 0) is 32.3 Å². The lowest BCUT2D eigenvalue weighted by Crippen LogP contribution is -2.42. The highest BCUT2D eigenvalue weighted by Gasteiger charge is 2.42. The van der Waals surface area contributed by atoms with Crippen LogP contribution in [-0.2, 0) is 16.1 Å². The number of likely N-dealkylation sites (tertiary alicyclic amines) is 1. The Morgan fingerprint density at radius 1 is 1.29 bits per heavy atom. The van der Waals surface area contributed by atoms with Gasteiger partial charge in [0.25, 0.3) is 0 Å². The van der Waals surface area contributed by atoms with Crippen LogP contribution in [0.25, 0.3) is 0 Å². The third-order valence-corrected chi connectivity index (χ3v) is 5.57. The molecular formula is C21H33IN4O2. The highest BCUT2D eigenvalue weighted by atomic mass is 127. The van der Waals surface area contributed by atoms with Crippen LogP contribution in [0, 0.1) is 5.41 Å². The largest absolute Gasteiger partial charge is 0.381 e. The smallest absolute Gasteiger partial charge is 0.244 e. The molecule has 1 amide bonds. The van der Waals surface area contributed by atoms with E-state index in [1.54, 1.807) is 0 Å². The van der Waals surface area contributed by atoms with E-state index in [0.29, 0.717) is 13.1 Å². The number of rotatable bonds is 6. The third kappa shape index (κ3) is 5.83.